The van der Waals surface area contributed by atoms with E-state index in [0.29, 0.717) is 33.5 Å². The van der Waals surface area contributed by atoms with Gasteiger partial charge in [-0.2, -0.15) is 0 Å². The number of aromatic amines is 1. The summed E-state index contributed by atoms with van der Waals surface area (Å²) in [5.74, 6) is 0.00166. The lowest BCUT2D eigenvalue weighted by molar-refractivity contribution is 0.0997. The normalized spacial score (nSPS) is 11.2. The van der Waals surface area contributed by atoms with E-state index in [1.165, 1.54) is 18.6 Å². The summed E-state index contributed by atoms with van der Waals surface area (Å²) < 4.78 is 20.6. The van der Waals surface area contributed by atoms with Gasteiger partial charge in [0.25, 0.3) is 5.91 Å². The molecule has 3 heterocycles. The maximum atomic E-state index is 14.6. The van der Waals surface area contributed by atoms with Gasteiger partial charge in [0.2, 0.25) is 0 Å². The second-order valence-corrected chi connectivity index (χ2v) is 7.08. The first kappa shape index (κ1) is 18.7. The van der Waals surface area contributed by atoms with Gasteiger partial charge in [-0.05, 0) is 30.7 Å². The molecule has 5 rings (SSSR count). The predicted octanol–water partition coefficient (Wildman–Crippen LogP) is 4.51. The summed E-state index contributed by atoms with van der Waals surface area (Å²) >= 11 is 0. The van der Waals surface area contributed by atoms with Crippen LogP contribution in [0.4, 0.5) is 4.39 Å². The summed E-state index contributed by atoms with van der Waals surface area (Å²) in [6.45, 7) is 1.90. The average molecular weight is 413 g/mol. The molecule has 3 aromatic heterocycles. The maximum absolute atomic E-state index is 14.6. The number of hydrogen-bond acceptors (Lipinski definition) is 5. The van der Waals surface area contributed by atoms with E-state index in [0.717, 1.165) is 16.5 Å². The minimum absolute atomic E-state index is 0.0860. The fourth-order valence-corrected chi connectivity index (χ4v) is 3.69. The molecular weight excluding hydrogens is 397 g/mol. The van der Waals surface area contributed by atoms with Crippen molar-refractivity contribution in [1.29, 1.82) is 0 Å². The van der Waals surface area contributed by atoms with E-state index >= 15 is 0 Å². The van der Waals surface area contributed by atoms with Crippen LogP contribution in [0.1, 0.15) is 16.1 Å². The number of rotatable bonds is 4. The summed E-state index contributed by atoms with van der Waals surface area (Å²) in [6, 6.07) is 10.1. The van der Waals surface area contributed by atoms with Crippen molar-refractivity contribution in [2.75, 3.05) is 0 Å². The van der Waals surface area contributed by atoms with Crippen LogP contribution in [-0.4, -0.2) is 25.8 Å². The number of carbonyl (C=O) groups is 1. The first-order valence-electron chi connectivity index (χ1n) is 9.45. The molecule has 0 atom stereocenters. The van der Waals surface area contributed by atoms with Crippen molar-refractivity contribution in [2.45, 2.75) is 6.92 Å². The van der Waals surface area contributed by atoms with E-state index in [2.05, 4.69) is 19.9 Å². The number of H-pyrrole nitrogens is 1. The van der Waals surface area contributed by atoms with Gasteiger partial charge in [0.05, 0.1) is 17.9 Å². The molecule has 0 bridgehead atoms. The maximum Gasteiger partial charge on any atom is 0.269 e. The van der Waals surface area contributed by atoms with E-state index in [1.54, 1.807) is 30.6 Å². The van der Waals surface area contributed by atoms with Gasteiger partial charge in [-0.15, -0.1) is 0 Å². The number of carbonyl (C=O) groups excluding carboxylic acids is 1. The van der Waals surface area contributed by atoms with E-state index in [4.69, 9.17) is 10.5 Å². The highest BCUT2D eigenvalue weighted by atomic mass is 19.1. The van der Waals surface area contributed by atoms with Crippen LogP contribution in [0.5, 0.6) is 11.5 Å². The van der Waals surface area contributed by atoms with Gasteiger partial charge in [0.15, 0.2) is 11.4 Å². The third kappa shape index (κ3) is 3.14. The summed E-state index contributed by atoms with van der Waals surface area (Å²) in [4.78, 5) is 27.4. The molecule has 2 aromatic carbocycles. The molecule has 0 saturated heterocycles. The molecule has 5 aromatic rings. The zero-order valence-electron chi connectivity index (χ0n) is 16.4. The minimum atomic E-state index is -0.675. The molecule has 0 radical (unpaired) electrons. The van der Waals surface area contributed by atoms with Crippen molar-refractivity contribution >= 4 is 27.7 Å². The number of primary amides is 1. The van der Waals surface area contributed by atoms with Gasteiger partial charge in [-0.25, -0.2) is 19.3 Å². The molecule has 3 N–H and O–H groups in total. The Morgan fingerprint density at radius 2 is 1.87 bits per heavy atom. The van der Waals surface area contributed by atoms with Crippen molar-refractivity contribution in [3.05, 3.63) is 78.4 Å². The largest absolute Gasteiger partial charge is 0.454 e. The summed E-state index contributed by atoms with van der Waals surface area (Å²) in [7, 11) is 0. The number of pyridine rings is 1. The van der Waals surface area contributed by atoms with E-state index < -0.39 is 11.7 Å². The lowest BCUT2D eigenvalue weighted by atomic mass is 9.99. The molecule has 152 valence electrons. The minimum Gasteiger partial charge on any atom is -0.454 e. The molecule has 0 saturated carbocycles. The van der Waals surface area contributed by atoms with Crippen LogP contribution < -0.4 is 10.5 Å². The van der Waals surface area contributed by atoms with Gasteiger partial charge in [-0.1, -0.05) is 18.2 Å². The Bertz CT molecular complexity index is 1460. The third-order valence-electron chi connectivity index (χ3n) is 5.09. The highest BCUT2D eigenvalue weighted by molar-refractivity contribution is 6.19. The lowest BCUT2D eigenvalue weighted by Crippen LogP contribution is -2.13. The van der Waals surface area contributed by atoms with Gasteiger partial charge in [0, 0.05) is 33.6 Å². The van der Waals surface area contributed by atoms with E-state index in [-0.39, 0.29) is 5.69 Å². The number of amides is 1. The molecule has 1 amide bonds. The number of hydrogen-bond donors (Lipinski definition) is 2. The van der Waals surface area contributed by atoms with E-state index in [1.807, 2.05) is 19.1 Å². The van der Waals surface area contributed by atoms with Crippen molar-refractivity contribution in [3.63, 3.8) is 0 Å². The molecular formula is C23H16FN5O2. The van der Waals surface area contributed by atoms with Crippen molar-refractivity contribution < 1.29 is 13.9 Å². The molecule has 0 fully saturated rings. The standard InChI is InChI=1S/C23H16FN5O2/c1-12-6-18-15(7-19(12)31-13-8-26-11-27-9-13)20-16(14-4-2-3-5-17(14)24)10-28-22(23(25)30)21(20)29-18/h2-11,29H,1H3,(H2,25,30). The molecule has 0 aliphatic rings. The number of halogens is 1. The molecule has 0 aliphatic carbocycles. The number of ether oxygens (including phenoxy) is 1. The Balaban J connectivity index is 1.82. The van der Waals surface area contributed by atoms with Crippen LogP contribution >= 0.6 is 0 Å². The van der Waals surface area contributed by atoms with Gasteiger partial charge < -0.3 is 15.5 Å². The summed E-state index contributed by atoms with van der Waals surface area (Å²) in [5.41, 5.74) is 8.60. The zero-order valence-corrected chi connectivity index (χ0v) is 16.4. The number of nitrogens with zero attached hydrogens (tertiary/aromatic N) is 3. The van der Waals surface area contributed by atoms with Crippen LogP contribution in [-0.2, 0) is 0 Å². The van der Waals surface area contributed by atoms with Crippen molar-refractivity contribution in [2.24, 2.45) is 5.73 Å². The van der Waals surface area contributed by atoms with Crippen molar-refractivity contribution in [3.8, 4) is 22.6 Å². The molecule has 8 heteroatoms. The molecule has 31 heavy (non-hydrogen) atoms. The fourth-order valence-electron chi connectivity index (χ4n) is 3.69. The molecule has 0 aliphatic heterocycles. The zero-order chi connectivity index (χ0) is 21.5. The Morgan fingerprint density at radius 3 is 2.61 bits per heavy atom. The molecule has 7 nitrogen and oxygen atoms in total. The predicted molar refractivity (Wildman–Crippen MR) is 114 cm³/mol. The topological polar surface area (TPSA) is 107 Å². The number of aryl methyl sites for hydroxylation is 1. The number of aromatic nitrogens is 4. The Labute approximate surface area is 175 Å². The number of nitrogens with two attached hydrogens (primary N) is 1. The van der Waals surface area contributed by atoms with Crippen LogP contribution in [0.2, 0.25) is 0 Å². The third-order valence-corrected chi connectivity index (χ3v) is 5.09. The first-order valence-corrected chi connectivity index (χ1v) is 9.45. The Kier molecular flexibility index (Phi) is 4.32. The quantitative estimate of drug-likeness (QED) is 0.451. The Hall–Kier alpha value is -4.33. The van der Waals surface area contributed by atoms with Crippen LogP contribution in [0.3, 0.4) is 0 Å². The van der Waals surface area contributed by atoms with Crippen LogP contribution in [0, 0.1) is 12.7 Å². The average Bonchev–Trinajstić information content (AvgIpc) is 3.12. The first-order chi connectivity index (χ1) is 15.0. The van der Waals surface area contributed by atoms with Crippen molar-refractivity contribution in [1.82, 2.24) is 19.9 Å². The Morgan fingerprint density at radius 1 is 1.10 bits per heavy atom. The second-order valence-electron chi connectivity index (χ2n) is 7.08. The summed E-state index contributed by atoms with van der Waals surface area (Å²) in [6.07, 6.45) is 6.01. The summed E-state index contributed by atoms with van der Waals surface area (Å²) in [5, 5.41) is 1.38. The monoisotopic (exact) mass is 413 g/mol. The van der Waals surface area contributed by atoms with Gasteiger partial charge >= 0.3 is 0 Å². The highest BCUT2D eigenvalue weighted by Gasteiger charge is 2.20. The van der Waals surface area contributed by atoms with Gasteiger partial charge in [0.1, 0.15) is 17.9 Å². The number of fused-ring (bicyclic) bond motifs is 3. The molecule has 0 spiro atoms. The highest BCUT2D eigenvalue weighted by Crippen LogP contribution is 2.39. The smallest absolute Gasteiger partial charge is 0.269 e. The fraction of sp³-hybridized carbons (Fsp3) is 0.0435. The van der Waals surface area contributed by atoms with Gasteiger partial charge in [-0.3, -0.25) is 4.79 Å². The number of benzene rings is 2. The lowest BCUT2D eigenvalue weighted by Gasteiger charge is -2.10. The number of nitrogens with one attached hydrogen (secondary N) is 1. The second kappa shape index (κ2) is 7.17. The molecule has 0 unspecified atom stereocenters. The van der Waals surface area contributed by atoms with Crippen LogP contribution in [0.25, 0.3) is 32.9 Å². The van der Waals surface area contributed by atoms with Crippen LogP contribution in [0.15, 0.2) is 61.3 Å². The SMILES string of the molecule is Cc1cc2[nH]c3c(C(N)=O)ncc(-c4ccccc4F)c3c2cc1Oc1cncnc1. The van der Waals surface area contributed by atoms with E-state index in [9.17, 15) is 9.18 Å².